The third-order valence-corrected chi connectivity index (χ3v) is 13.9. The van der Waals surface area contributed by atoms with Crippen molar-refractivity contribution in [2.45, 2.75) is 120 Å². The van der Waals surface area contributed by atoms with Crippen molar-refractivity contribution in [3.05, 3.63) is 94.5 Å². The van der Waals surface area contributed by atoms with E-state index in [4.69, 9.17) is 40.8 Å². The summed E-state index contributed by atoms with van der Waals surface area (Å²) in [6.45, 7) is 15.1. The van der Waals surface area contributed by atoms with Gasteiger partial charge in [0.15, 0.2) is 18.1 Å². The number of benzene rings is 2. The number of likely N-dealkylation sites (tertiary alicyclic amines) is 1. The van der Waals surface area contributed by atoms with Gasteiger partial charge in [-0.05, 0) is 122 Å². The van der Waals surface area contributed by atoms with E-state index in [0.717, 1.165) is 35.3 Å². The van der Waals surface area contributed by atoms with Crippen molar-refractivity contribution in [1.82, 2.24) is 34.9 Å². The lowest BCUT2D eigenvalue weighted by Gasteiger charge is -2.44. The summed E-state index contributed by atoms with van der Waals surface area (Å²) in [5.41, 5.74) is 4.38. The number of carbonyl (C=O) groups excluding carboxylic acids is 3. The Morgan fingerprint density at radius 1 is 0.879 bits per heavy atom. The highest BCUT2D eigenvalue weighted by atomic mass is 35.5. The van der Waals surface area contributed by atoms with E-state index in [1.54, 1.807) is 4.90 Å². The molecule has 2 aliphatic heterocycles. The van der Waals surface area contributed by atoms with E-state index in [2.05, 4.69) is 33.7 Å². The van der Waals surface area contributed by atoms with Crippen LogP contribution in [0.1, 0.15) is 95.8 Å². The largest absolute Gasteiger partial charge is 0.484 e. The number of aliphatic hydroxyl groups is 1. The number of halogens is 1. The van der Waals surface area contributed by atoms with Crippen molar-refractivity contribution in [1.29, 1.82) is 0 Å². The van der Waals surface area contributed by atoms with Gasteiger partial charge in [-0.1, -0.05) is 47.6 Å². The van der Waals surface area contributed by atoms with Crippen molar-refractivity contribution < 1.29 is 33.7 Å². The molecule has 5 aromatic rings. The number of alkyl carbamates (subject to hydrolysis) is 2. The van der Waals surface area contributed by atoms with E-state index in [1.165, 1.54) is 17.3 Å². The number of aromatic nitrogens is 4. The zero-order chi connectivity index (χ0) is 47.0. The molecule has 15 nitrogen and oxygen atoms in total. The van der Waals surface area contributed by atoms with Crippen LogP contribution < -0.4 is 20.3 Å². The number of nitrogens with zero attached hydrogens (tertiary/aromatic N) is 6. The Hall–Kier alpha value is -5.58. The lowest BCUT2D eigenvalue weighted by molar-refractivity contribution is -0.134. The Morgan fingerprint density at radius 2 is 1.55 bits per heavy atom. The number of amides is 3. The Balaban J connectivity index is 0.882. The van der Waals surface area contributed by atoms with Crippen LogP contribution in [-0.4, -0.2) is 97.5 Å². The third-order valence-electron chi connectivity index (χ3n) is 12.3. The predicted molar refractivity (Wildman–Crippen MR) is 253 cm³/mol. The van der Waals surface area contributed by atoms with Gasteiger partial charge in [-0.25, -0.2) is 24.5 Å². The molecule has 5 heterocycles. The van der Waals surface area contributed by atoms with Gasteiger partial charge in [-0.15, -0.1) is 0 Å². The van der Waals surface area contributed by atoms with Crippen LogP contribution in [0, 0.1) is 12.3 Å². The number of fused-ring (bicyclic) bond motifs is 2. The molecule has 0 saturated carbocycles. The number of rotatable bonds is 10. The monoisotopic (exact) mass is 938 g/mol. The SMILES string of the molecule is Cc1nc(N2CCC3(CC2)Cc2ccccc2[C@H]3NC(=O)OC(C)(C)C)c(CO)nc1Sc1ccn2cc(-c3ccc(OCC(=O)N4CCC(NC(=O)OC(C)(C)C)CC4)cc3)nc2c1Cl. The molecule has 1 atom stereocenters. The van der Waals surface area contributed by atoms with E-state index in [0.29, 0.717) is 83.4 Å². The van der Waals surface area contributed by atoms with Crippen LogP contribution in [0.25, 0.3) is 16.9 Å². The van der Waals surface area contributed by atoms with Gasteiger partial charge in [0.2, 0.25) is 0 Å². The molecular formula is C49H59ClN8O7S. The summed E-state index contributed by atoms with van der Waals surface area (Å²) in [5.74, 6) is 1.11. The number of aryl methyl sites for hydroxylation is 1. The summed E-state index contributed by atoms with van der Waals surface area (Å²) in [4.78, 5) is 57.7. The number of pyridine rings is 1. The van der Waals surface area contributed by atoms with Gasteiger partial charge in [-0.2, -0.15) is 0 Å². The molecule has 2 aromatic carbocycles. The molecule has 2 fully saturated rings. The molecule has 3 aliphatic rings. The molecule has 3 N–H and O–H groups in total. The van der Waals surface area contributed by atoms with Gasteiger partial charge in [0, 0.05) is 60.5 Å². The van der Waals surface area contributed by atoms with Gasteiger partial charge in [-0.3, -0.25) is 4.79 Å². The molecule has 66 heavy (non-hydrogen) atoms. The van der Waals surface area contributed by atoms with Gasteiger partial charge in [0.1, 0.15) is 27.7 Å². The van der Waals surface area contributed by atoms with Crippen LogP contribution in [0.15, 0.2) is 76.9 Å². The number of nitrogens with one attached hydrogen (secondary N) is 2. The summed E-state index contributed by atoms with van der Waals surface area (Å²) in [5, 5.41) is 17.8. The van der Waals surface area contributed by atoms with E-state index >= 15 is 0 Å². The first-order valence-electron chi connectivity index (χ1n) is 22.5. The first-order valence-corrected chi connectivity index (χ1v) is 23.7. The van der Waals surface area contributed by atoms with Crippen LogP contribution in [-0.2, 0) is 27.3 Å². The Labute approximate surface area is 395 Å². The van der Waals surface area contributed by atoms with Crippen LogP contribution in [0.2, 0.25) is 5.02 Å². The lowest BCUT2D eigenvalue weighted by atomic mass is 9.72. The fourth-order valence-electron chi connectivity index (χ4n) is 9.08. The molecular weight excluding hydrogens is 880 g/mol. The number of imidazole rings is 1. The molecule has 3 amide bonds. The number of anilines is 1. The molecule has 2 saturated heterocycles. The molecule has 350 valence electrons. The molecule has 8 rings (SSSR count). The Bertz CT molecular complexity index is 2590. The second-order valence-electron chi connectivity index (χ2n) is 19.4. The summed E-state index contributed by atoms with van der Waals surface area (Å²) in [6, 6.07) is 17.4. The minimum absolute atomic E-state index is 0.0430. The first-order chi connectivity index (χ1) is 31.4. The van der Waals surface area contributed by atoms with Crippen LogP contribution in [0.4, 0.5) is 15.4 Å². The summed E-state index contributed by atoms with van der Waals surface area (Å²) < 4.78 is 18.8. The number of hydrogen-bond donors (Lipinski definition) is 3. The maximum atomic E-state index is 13.1. The fraction of sp³-hybridized carbons (Fsp3) is 0.469. The predicted octanol–water partition coefficient (Wildman–Crippen LogP) is 8.70. The van der Waals surface area contributed by atoms with Gasteiger partial charge in [0.25, 0.3) is 5.91 Å². The highest BCUT2D eigenvalue weighted by molar-refractivity contribution is 7.99. The van der Waals surface area contributed by atoms with Gasteiger partial charge >= 0.3 is 12.2 Å². The zero-order valence-electron chi connectivity index (χ0n) is 38.6. The molecule has 3 aromatic heterocycles. The second kappa shape index (κ2) is 19.0. The zero-order valence-corrected chi connectivity index (χ0v) is 40.2. The van der Waals surface area contributed by atoms with Crippen molar-refractivity contribution in [3.8, 4) is 17.0 Å². The quantitative estimate of drug-likeness (QED) is 0.122. The van der Waals surface area contributed by atoms with Crippen molar-refractivity contribution >= 4 is 52.9 Å². The topological polar surface area (TPSA) is 173 Å². The maximum absolute atomic E-state index is 13.1. The van der Waals surface area contributed by atoms with Crippen LogP contribution in [0.3, 0.4) is 0 Å². The number of aliphatic hydroxyl groups excluding tert-OH is 1. The van der Waals surface area contributed by atoms with Crippen molar-refractivity contribution in [2.75, 3.05) is 37.7 Å². The fourth-order valence-corrected chi connectivity index (χ4v) is 10.3. The smallest absolute Gasteiger partial charge is 0.408 e. The van der Waals surface area contributed by atoms with E-state index in [-0.39, 0.29) is 36.6 Å². The average Bonchev–Trinajstić information content (AvgIpc) is 3.83. The minimum atomic E-state index is -0.605. The number of piperidine rings is 2. The third kappa shape index (κ3) is 10.7. The molecule has 0 radical (unpaired) electrons. The number of carbonyl (C=O) groups is 3. The minimum Gasteiger partial charge on any atom is -0.484 e. The van der Waals surface area contributed by atoms with E-state index in [9.17, 15) is 19.5 Å². The van der Waals surface area contributed by atoms with Crippen LogP contribution in [0.5, 0.6) is 5.75 Å². The summed E-state index contributed by atoms with van der Waals surface area (Å²) in [7, 11) is 0. The van der Waals surface area contributed by atoms with Crippen molar-refractivity contribution in [2.24, 2.45) is 5.41 Å². The van der Waals surface area contributed by atoms with E-state index < -0.39 is 23.4 Å². The normalized spacial score (nSPS) is 17.4. The average molecular weight is 940 g/mol. The molecule has 0 unspecified atom stereocenters. The van der Waals surface area contributed by atoms with Gasteiger partial charge < -0.3 is 44.2 Å². The van der Waals surface area contributed by atoms with E-state index in [1.807, 2.05) is 102 Å². The highest BCUT2D eigenvalue weighted by Crippen LogP contribution is 2.52. The lowest BCUT2D eigenvalue weighted by Crippen LogP contribution is -2.48. The molecule has 1 spiro atoms. The number of hydrogen-bond acceptors (Lipinski definition) is 12. The first kappa shape index (κ1) is 46.9. The Kier molecular flexibility index (Phi) is 13.5. The Morgan fingerprint density at radius 3 is 2.21 bits per heavy atom. The molecule has 0 bridgehead atoms. The van der Waals surface area contributed by atoms with Crippen molar-refractivity contribution in [3.63, 3.8) is 0 Å². The molecule has 17 heteroatoms. The highest BCUT2D eigenvalue weighted by Gasteiger charge is 2.49. The molecule has 1 aliphatic carbocycles. The maximum Gasteiger partial charge on any atom is 0.408 e. The number of ether oxygens (including phenoxy) is 3. The standard InChI is InChI=1S/C49H59ClN8O7S/c1-30-44(54-37(28-59)42(51-30)57-24-19-49(20-25-57)26-32-10-8-9-11-35(32)41(49)55-46(62)65-48(5,6)7)66-38-18-23-58-27-36(53-43(58)40(38)50)31-12-14-34(15-13-31)63-29-39(60)56-21-16-33(17-22-56)52-45(61)64-47(2,3)4/h8-15,18,23,27,33,41,59H,16-17,19-22,24-26,28-29H2,1-7H3,(H,52,61)(H,55,62)/t41-/m1/s1. The summed E-state index contributed by atoms with van der Waals surface area (Å²) >= 11 is 8.41. The summed E-state index contributed by atoms with van der Waals surface area (Å²) in [6.07, 6.45) is 6.72. The van der Waals surface area contributed by atoms with Crippen LogP contribution >= 0.6 is 23.4 Å². The second-order valence-corrected chi connectivity index (χ2v) is 20.8. The van der Waals surface area contributed by atoms with Gasteiger partial charge in [0.05, 0.1) is 29.1 Å².